The second kappa shape index (κ2) is 17.1. The predicted octanol–water partition coefficient (Wildman–Crippen LogP) is 19.8. The van der Waals surface area contributed by atoms with Gasteiger partial charge in [-0.05, 0) is 154 Å². The van der Waals surface area contributed by atoms with E-state index in [0.717, 1.165) is 112 Å². The zero-order valence-electron chi connectivity index (χ0n) is 43.0. The van der Waals surface area contributed by atoms with Gasteiger partial charge in [-0.15, -0.1) is 0 Å². The van der Waals surface area contributed by atoms with Crippen molar-refractivity contribution >= 4 is 99.8 Å². The standard InChI is InChI=1S/C71H50N4O2/c1-43-37-45(51-27-17-29-58-54-24-13-15-31-63(54)76-69(51)58)39-65(72-43)74(47-19-7-5-8-20-47)49-33-35-57-61(41-49)53-23-11-12-26-56(53)67-60-36-34-50(42-62(60)71(3,4)68(57)67)75(48-21-9-6-10-22-48)66-40-46(38-44(2)73-66)52-28-18-30-59-55-25-14-16-32-64(55)77-70(52)59/h5-42H,1-4H3. The smallest absolute Gasteiger partial charge is 0.143 e. The van der Waals surface area contributed by atoms with Crippen molar-refractivity contribution < 1.29 is 8.83 Å². The zero-order chi connectivity index (χ0) is 51.5. The molecule has 0 bridgehead atoms. The highest BCUT2D eigenvalue weighted by molar-refractivity contribution is 6.19. The third-order valence-electron chi connectivity index (χ3n) is 15.9. The molecule has 0 N–H and O–H groups in total. The first kappa shape index (κ1) is 44.7. The number of hydrogen-bond acceptors (Lipinski definition) is 6. The van der Waals surface area contributed by atoms with Gasteiger partial charge in [0.05, 0.1) is 0 Å². The summed E-state index contributed by atoms with van der Waals surface area (Å²) in [7, 11) is 0. The van der Waals surface area contributed by atoms with E-state index < -0.39 is 0 Å². The highest BCUT2D eigenvalue weighted by Gasteiger charge is 2.39. The third kappa shape index (κ3) is 7.02. The molecule has 0 radical (unpaired) electrons. The molecule has 77 heavy (non-hydrogen) atoms. The fraction of sp³-hybridized carbons (Fsp3) is 0.0704. The van der Waals surface area contributed by atoms with Gasteiger partial charge in [-0.2, -0.15) is 0 Å². The van der Waals surface area contributed by atoms with E-state index in [9.17, 15) is 0 Å². The molecule has 0 aliphatic heterocycles. The van der Waals surface area contributed by atoms with Crippen LogP contribution in [0.5, 0.6) is 0 Å². The normalized spacial score (nSPS) is 12.8. The van der Waals surface area contributed by atoms with E-state index in [1.54, 1.807) is 0 Å². The molecule has 0 amide bonds. The van der Waals surface area contributed by atoms with Gasteiger partial charge in [0.15, 0.2) is 0 Å². The summed E-state index contributed by atoms with van der Waals surface area (Å²) >= 11 is 0. The maximum absolute atomic E-state index is 6.57. The van der Waals surface area contributed by atoms with Gasteiger partial charge in [0.1, 0.15) is 34.0 Å². The molecule has 6 nitrogen and oxygen atoms in total. The molecular formula is C71H50N4O2. The van der Waals surface area contributed by atoms with Gasteiger partial charge in [-0.25, -0.2) is 9.97 Å². The van der Waals surface area contributed by atoms with Gasteiger partial charge in [-0.1, -0.05) is 159 Å². The lowest BCUT2D eigenvalue weighted by atomic mass is 9.79. The second-order valence-corrected chi connectivity index (χ2v) is 21.0. The van der Waals surface area contributed by atoms with E-state index in [-0.39, 0.29) is 5.41 Å². The van der Waals surface area contributed by atoms with Gasteiger partial charge in [-0.3, -0.25) is 9.80 Å². The fourth-order valence-electron chi connectivity index (χ4n) is 12.6. The number of anilines is 6. The summed E-state index contributed by atoms with van der Waals surface area (Å²) < 4.78 is 13.1. The van der Waals surface area contributed by atoms with Crippen molar-refractivity contribution in [3.8, 4) is 33.4 Å². The Kier molecular flexibility index (Phi) is 9.94. The highest BCUT2D eigenvalue weighted by Crippen LogP contribution is 2.56. The minimum absolute atomic E-state index is 0.376. The predicted molar refractivity (Wildman–Crippen MR) is 319 cm³/mol. The van der Waals surface area contributed by atoms with Gasteiger partial charge >= 0.3 is 0 Å². The number of nitrogens with zero attached hydrogens (tertiary/aromatic N) is 4. The molecule has 1 aliphatic carbocycles. The summed E-state index contributed by atoms with van der Waals surface area (Å²) in [6.45, 7) is 8.95. The number of furan rings is 2. The summed E-state index contributed by atoms with van der Waals surface area (Å²) in [6.07, 6.45) is 0. The van der Waals surface area contributed by atoms with Gasteiger partial charge in [0.2, 0.25) is 0 Å². The molecule has 14 aromatic rings. The van der Waals surface area contributed by atoms with Crippen LogP contribution in [0.25, 0.3) is 98.8 Å². The van der Waals surface area contributed by atoms with Crippen LogP contribution >= 0.6 is 0 Å². The molecule has 10 aromatic carbocycles. The molecule has 366 valence electrons. The minimum Gasteiger partial charge on any atom is -0.455 e. The van der Waals surface area contributed by atoms with E-state index in [4.69, 9.17) is 18.8 Å². The van der Waals surface area contributed by atoms with E-state index >= 15 is 0 Å². The molecule has 0 atom stereocenters. The van der Waals surface area contributed by atoms with Gasteiger partial charge in [0, 0.05) is 72.2 Å². The largest absolute Gasteiger partial charge is 0.455 e. The van der Waals surface area contributed by atoms with Crippen molar-refractivity contribution in [3.63, 3.8) is 0 Å². The Morgan fingerprint density at radius 1 is 0.351 bits per heavy atom. The van der Waals surface area contributed by atoms with Crippen LogP contribution in [0.2, 0.25) is 0 Å². The van der Waals surface area contributed by atoms with Crippen LogP contribution in [-0.2, 0) is 5.41 Å². The lowest BCUT2D eigenvalue weighted by Gasteiger charge is -2.29. The average molecular weight is 991 g/mol. The molecule has 0 fully saturated rings. The first-order chi connectivity index (χ1) is 37.7. The SMILES string of the molecule is Cc1cc(-c2cccc3c2oc2ccccc23)cc(N(c2ccccc2)c2ccc3c(c2)C(C)(C)c2c-3c3ccccc3c3cc(N(c4ccccc4)c4cc(-c5cccc6c5oc5ccccc56)cc(C)n4)ccc23)n1. The van der Waals surface area contributed by atoms with E-state index in [1.807, 2.05) is 24.3 Å². The third-order valence-corrected chi connectivity index (χ3v) is 15.9. The number of rotatable bonds is 8. The van der Waals surface area contributed by atoms with Crippen molar-refractivity contribution in [1.29, 1.82) is 0 Å². The Bertz CT molecular complexity index is 4710. The quantitative estimate of drug-likeness (QED) is 0.141. The monoisotopic (exact) mass is 990 g/mol. The Morgan fingerprint density at radius 2 is 0.818 bits per heavy atom. The summed E-state index contributed by atoms with van der Waals surface area (Å²) in [4.78, 5) is 15.2. The van der Waals surface area contributed by atoms with Crippen LogP contribution in [0.1, 0.15) is 36.4 Å². The van der Waals surface area contributed by atoms with Crippen LogP contribution in [0.15, 0.2) is 239 Å². The lowest BCUT2D eigenvalue weighted by molar-refractivity contribution is 0.666. The Morgan fingerprint density at radius 3 is 1.38 bits per heavy atom. The lowest BCUT2D eigenvalue weighted by Crippen LogP contribution is -2.18. The average Bonchev–Trinajstić information content (AvgIpc) is 4.13. The first-order valence-electron chi connectivity index (χ1n) is 26.4. The number of para-hydroxylation sites is 6. The number of aryl methyl sites for hydroxylation is 2. The molecule has 0 saturated heterocycles. The zero-order valence-corrected chi connectivity index (χ0v) is 43.0. The highest BCUT2D eigenvalue weighted by atomic mass is 16.3. The Balaban J connectivity index is 0.873. The van der Waals surface area contributed by atoms with Gasteiger partial charge in [0.25, 0.3) is 0 Å². The fourth-order valence-corrected chi connectivity index (χ4v) is 12.6. The molecule has 0 spiro atoms. The van der Waals surface area contributed by atoms with E-state index in [2.05, 4.69) is 244 Å². The van der Waals surface area contributed by atoms with Crippen molar-refractivity contribution in [2.75, 3.05) is 9.80 Å². The van der Waals surface area contributed by atoms with E-state index in [0.29, 0.717) is 0 Å². The number of aromatic nitrogens is 2. The molecule has 6 heteroatoms. The van der Waals surface area contributed by atoms with Crippen molar-refractivity contribution in [1.82, 2.24) is 9.97 Å². The number of hydrogen-bond donors (Lipinski definition) is 0. The van der Waals surface area contributed by atoms with Crippen LogP contribution in [0, 0.1) is 13.8 Å². The van der Waals surface area contributed by atoms with Crippen LogP contribution in [-0.4, -0.2) is 9.97 Å². The van der Waals surface area contributed by atoms with Gasteiger partial charge < -0.3 is 8.83 Å². The second-order valence-electron chi connectivity index (χ2n) is 21.0. The number of fused-ring (bicyclic) bond motifs is 14. The minimum atomic E-state index is -0.376. The van der Waals surface area contributed by atoms with Crippen molar-refractivity contribution in [3.05, 3.63) is 253 Å². The summed E-state index contributed by atoms with van der Waals surface area (Å²) in [5.74, 6) is 1.66. The first-order valence-corrected chi connectivity index (χ1v) is 26.4. The summed E-state index contributed by atoms with van der Waals surface area (Å²) in [5, 5.41) is 9.30. The molecule has 0 saturated carbocycles. The number of benzene rings is 10. The maximum atomic E-state index is 6.57. The molecule has 1 aliphatic rings. The molecule has 4 heterocycles. The summed E-state index contributed by atoms with van der Waals surface area (Å²) in [6, 6.07) is 82.3. The van der Waals surface area contributed by atoms with Crippen molar-refractivity contribution in [2.45, 2.75) is 33.1 Å². The van der Waals surface area contributed by atoms with Crippen LogP contribution in [0.3, 0.4) is 0 Å². The summed E-state index contributed by atoms with van der Waals surface area (Å²) in [5.41, 5.74) is 18.4. The van der Waals surface area contributed by atoms with Crippen molar-refractivity contribution in [2.24, 2.45) is 0 Å². The maximum Gasteiger partial charge on any atom is 0.143 e. The Labute approximate surface area is 445 Å². The molecular weight excluding hydrogens is 941 g/mol. The topological polar surface area (TPSA) is 58.5 Å². The molecule has 0 unspecified atom stereocenters. The Hall–Kier alpha value is -9.78. The van der Waals surface area contributed by atoms with Crippen LogP contribution < -0.4 is 9.80 Å². The van der Waals surface area contributed by atoms with E-state index in [1.165, 1.54) is 43.8 Å². The molecule has 15 rings (SSSR count). The molecule has 4 aromatic heterocycles. The van der Waals surface area contributed by atoms with Crippen LogP contribution in [0.4, 0.5) is 34.4 Å². The number of pyridine rings is 2.